The molecular formula is C35H68O7. The summed E-state index contributed by atoms with van der Waals surface area (Å²) in [4.78, 5) is 0. The van der Waals surface area contributed by atoms with Crippen LogP contribution in [-0.4, -0.2) is 79.1 Å². The molecule has 7 nitrogen and oxygen atoms in total. The molecule has 0 aromatic carbocycles. The van der Waals surface area contributed by atoms with Gasteiger partial charge in [-0.3, -0.25) is 0 Å². The van der Waals surface area contributed by atoms with Gasteiger partial charge in [0.1, 0.15) is 24.4 Å². The summed E-state index contributed by atoms with van der Waals surface area (Å²) in [6.07, 6.45) is 25.3. The van der Waals surface area contributed by atoms with Crippen LogP contribution >= 0.6 is 0 Å². The number of aliphatic hydroxyl groups is 3. The number of ether oxygens (including phenoxy) is 4. The van der Waals surface area contributed by atoms with Gasteiger partial charge < -0.3 is 34.3 Å². The number of allylic oxidation sites excluding steroid dienone is 2. The summed E-state index contributed by atoms with van der Waals surface area (Å²) in [5.74, 6) is 0. The monoisotopic (exact) mass is 600 g/mol. The predicted molar refractivity (Wildman–Crippen MR) is 172 cm³/mol. The van der Waals surface area contributed by atoms with Gasteiger partial charge in [-0.1, -0.05) is 116 Å². The molecule has 1 fully saturated rings. The summed E-state index contributed by atoms with van der Waals surface area (Å²) >= 11 is 0. The first-order chi connectivity index (χ1) is 20.6. The van der Waals surface area contributed by atoms with Gasteiger partial charge in [0.15, 0.2) is 6.29 Å². The van der Waals surface area contributed by atoms with Gasteiger partial charge in [-0.15, -0.1) is 0 Å². The average molecular weight is 601 g/mol. The first kappa shape index (κ1) is 39.5. The minimum Gasteiger partial charge on any atom is -0.394 e. The molecule has 1 saturated heterocycles. The van der Waals surface area contributed by atoms with Crippen LogP contribution in [0.5, 0.6) is 0 Å². The number of methoxy groups -OCH3 is 1. The van der Waals surface area contributed by atoms with Gasteiger partial charge in [-0.05, 0) is 44.9 Å². The Hall–Kier alpha value is -0.540. The van der Waals surface area contributed by atoms with Crippen LogP contribution in [0.3, 0.4) is 0 Å². The van der Waals surface area contributed by atoms with Crippen molar-refractivity contribution in [3.8, 4) is 0 Å². The van der Waals surface area contributed by atoms with Gasteiger partial charge in [-0.25, -0.2) is 0 Å². The lowest BCUT2D eigenvalue weighted by atomic mass is 9.98. The van der Waals surface area contributed by atoms with Gasteiger partial charge in [0.2, 0.25) is 0 Å². The highest BCUT2D eigenvalue weighted by molar-refractivity contribution is 4.91. The normalized spacial score (nSPS) is 23.6. The fourth-order valence-corrected chi connectivity index (χ4v) is 5.69. The molecular weight excluding hydrogens is 532 g/mol. The van der Waals surface area contributed by atoms with Crippen molar-refractivity contribution < 1.29 is 34.3 Å². The number of rotatable bonds is 29. The molecule has 0 aliphatic carbocycles. The van der Waals surface area contributed by atoms with E-state index in [4.69, 9.17) is 18.9 Å². The lowest BCUT2D eigenvalue weighted by Gasteiger charge is -2.42. The first-order valence-corrected chi connectivity index (χ1v) is 17.6. The van der Waals surface area contributed by atoms with Crippen LogP contribution in [0.15, 0.2) is 12.2 Å². The Morgan fingerprint density at radius 3 is 1.76 bits per heavy atom. The molecule has 0 bridgehead atoms. The van der Waals surface area contributed by atoms with Gasteiger partial charge in [0, 0.05) is 20.3 Å². The maximum absolute atomic E-state index is 10.8. The average Bonchev–Trinajstić information content (AvgIpc) is 3.00. The van der Waals surface area contributed by atoms with Crippen molar-refractivity contribution in [2.24, 2.45) is 0 Å². The summed E-state index contributed by atoms with van der Waals surface area (Å²) in [5, 5.41) is 30.9. The second-order valence-corrected chi connectivity index (χ2v) is 12.2. The Bertz CT molecular complexity index is 602. The summed E-state index contributed by atoms with van der Waals surface area (Å²) in [7, 11) is 1.73. The summed E-state index contributed by atoms with van der Waals surface area (Å²) in [6.45, 7) is 4.95. The van der Waals surface area contributed by atoms with Crippen LogP contribution in [0.4, 0.5) is 0 Å². The topological polar surface area (TPSA) is 97.6 Å². The molecule has 1 unspecified atom stereocenters. The molecule has 0 saturated carbocycles. The van der Waals surface area contributed by atoms with Crippen molar-refractivity contribution in [1.82, 2.24) is 0 Å². The molecule has 0 radical (unpaired) electrons. The molecule has 3 N–H and O–H groups in total. The van der Waals surface area contributed by atoms with Crippen LogP contribution < -0.4 is 0 Å². The van der Waals surface area contributed by atoms with Crippen molar-refractivity contribution in [3.63, 3.8) is 0 Å². The van der Waals surface area contributed by atoms with Crippen LogP contribution in [0, 0.1) is 0 Å². The van der Waals surface area contributed by atoms with Crippen LogP contribution in [0.2, 0.25) is 0 Å². The van der Waals surface area contributed by atoms with Gasteiger partial charge >= 0.3 is 0 Å². The standard InChI is InChI=1S/C35H68O7/c1-4-6-8-10-11-12-13-14-15-16-17-18-19-20-22-24-27-40-34-33(32(37)31(29-36)42-35(34)38)41-28-26-30(39-3)25-23-21-9-7-5-2/h12-13,30-38H,4-11,14-29H2,1-3H3/b13-12-/t30-,31-,32-,33+,34-,35?/m1/s1. The molecule has 0 amide bonds. The lowest BCUT2D eigenvalue weighted by Crippen LogP contribution is -2.60. The minimum absolute atomic E-state index is 0.100. The fraction of sp³-hybridized carbons (Fsp3) is 0.943. The first-order valence-electron chi connectivity index (χ1n) is 17.6. The molecule has 1 heterocycles. The fourth-order valence-electron chi connectivity index (χ4n) is 5.69. The zero-order chi connectivity index (χ0) is 30.7. The smallest absolute Gasteiger partial charge is 0.184 e. The number of aliphatic hydroxyl groups excluding tert-OH is 3. The lowest BCUT2D eigenvalue weighted by molar-refractivity contribution is -0.304. The SMILES string of the molecule is CCCCCC/C=C\CCCCCCCCCCO[C@H]1C(O)O[C@H](CO)[C@@H](O)[C@@H]1OCC[C@@H](CCCCCCC)OC. The van der Waals surface area contributed by atoms with E-state index in [0.29, 0.717) is 19.6 Å². The zero-order valence-electron chi connectivity index (χ0n) is 27.6. The van der Waals surface area contributed by atoms with Crippen LogP contribution in [0.1, 0.15) is 149 Å². The van der Waals surface area contributed by atoms with E-state index in [1.165, 1.54) is 103 Å². The van der Waals surface area contributed by atoms with Crippen molar-refractivity contribution in [1.29, 1.82) is 0 Å². The number of unbranched alkanes of at least 4 members (excludes halogenated alkanes) is 16. The predicted octanol–water partition coefficient (Wildman–Crippen LogP) is 7.63. The number of hydrogen-bond acceptors (Lipinski definition) is 7. The molecule has 1 aliphatic rings. The second kappa shape index (κ2) is 28.0. The third-order valence-electron chi connectivity index (χ3n) is 8.50. The van der Waals surface area contributed by atoms with Crippen LogP contribution in [-0.2, 0) is 18.9 Å². The third-order valence-corrected chi connectivity index (χ3v) is 8.50. The third kappa shape index (κ3) is 19.0. The zero-order valence-corrected chi connectivity index (χ0v) is 27.6. The molecule has 0 spiro atoms. The molecule has 0 aromatic rings. The van der Waals surface area contributed by atoms with Crippen LogP contribution in [0.25, 0.3) is 0 Å². The second-order valence-electron chi connectivity index (χ2n) is 12.2. The maximum Gasteiger partial charge on any atom is 0.184 e. The highest BCUT2D eigenvalue weighted by Gasteiger charge is 2.46. The molecule has 1 aliphatic heterocycles. The molecule has 0 aromatic heterocycles. The molecule has 6 atom stereocenters. The van der Waals surface area contributed by atoms with E-state index in [9.17, 15) is 15.3 Å². The summed E-state index contributed by atoms with van der Waals surface area (Å²) in [5.41, 5.74) is 0. The van der Waals surface area contributed by atoms with Gasteiger partial charge in [-0.2, -0.15) is 0 Å². The van der Waals surface area contributed by atoms with E-state index in [1.807, 2.05) is 0 Å². The Labute approximate surface area is 258 Å². The Balaban J connectivity index is 2.22. The van der Waals surface area contributed by atoms with Gasteiger partial charge in [0.25, 0.3) is 0 Å². The Morgan fingerprint density at radius 2 is 1.17 bits per heavy atom. The van der Waals surface area contributed by atoms with Crippen molar-refractivity contribution in [2.45, 2.75) is 185 Å². The molecule has 1 rings (SSSR count). The van der Waals surface area contributed by atoms with Crippen molar-refractivity contribution in [3.05, 3.63) is 12.2 Å². The minimum atomic E-state index is -1.25. The summed E-state index contributed by atoms with van der Waals surface area (Å²) < 4.78 is 23.1. The van der Waals surface area contributed by atoms with E-state index >= 15 is 0 Å². The highest BCUT2D eigenvalue weighted by atomic mass is 16.7. The summed E-state index contributed by atoms with van der Waals surface area (Å²) in [6, 6.07) is 0. The maximum atomic E-state index is 10.8. The number of hydrogen-bond donors (Lipinski definition) is 3. The molecule has 250 valence electrons. The van der Waals surface area contributed by atoms with E-state index < -0.39 is 30.7 Å². The Morgan fingerprint density at radius 1 is 0.643 bits per heavy atom. The van der Waals surface area contributed by atoms with E-state index in [1.54, 1.807) is 7.11 Å². The molecule has 7 heteroatoms. The molecule has 42 heavy (non-hydrogen) atoms. The van der Waals surface area contributed by atoms with E-state index in [-0.39, 0.29) is 12.7 Å². The van der Waals surface area contributed by atoms with Crippen molar-refractivity contribution in [2.75, 3.05) is 26.9 Å². The Kier molecular flexibility index (Phi) is 26.3. The van der Waals surface area contributed by atoms with E-state index in [0.717, 1.165) is 25.7 Å². The quantitative estimate of drug-likeness (QED) is 0.0600. The highest BCUT2D eigenvalue weighted by Crippen LogP contribution is 2.26. The van der Waals surface area contributed by atoms with Gasteiger partial charge in [0.05, 0.1) is 12.7 Å². The van der Waals surface area contributed by atoms with Crippen molar-refractivity contribution >= 4 is 0 Å². The van der Waals surface area contributed by atoms with E-state index in [2.05, 4.69) is 26.0 Å². The largest absolute Gasteiger partial charge is 0.394 e.